The number of halogens is 1. The second kappa shape index (κ2) is 7.65. The molecule has 0 bridgehead atoms. The molecule has 2 atom stereocenters. The topological polar surface area (TPSA) is 91.7 Å². The third kappa shape index (κ3) is 4.47. The molecule has 0 saturated carbocycles. The van der Waals surface area contributed by atoms with E-state index < -0.39 is 10.0 Å². The van der Waals surface area contributed by atoms with Crippen LogP contribution in [0.2, 0.25) is 0 Å². The molecule has 2 rings (SSSR count). The Bertz CT molecular complexity index is 657. The van der Waals surface area contributed by atoms with Gasteiger partial charge < -0.3 is 15.1 Å². The molecule has 2 N–H and O–H groups in total. The van der Waals surface area contributed by atoms with Gasteiger partial charge in [-0.05, 0) is 33.2 Å². The van der Waals surface area contributed by atoms with Crippen molar-refractivity contribution in [3.05, 3.63) is 17.4 Å². The van der Waals surface area contributed by atoms with Gasteiger partial charge in [-0.25, -0.2) is 12.7 Å². The highest BCUT2D eigenvalue weighted by Gasteiger charge is 2.27. The van der Waals surface area contributed by atoms with Gasteiger partial charge >= 0.3 is 0 Å². The minimum absolute atomic E-state index is 0. The largest absolute Gasteiger partial charge is 0.448 e. The molecule has 23 heavy (non-hydrogen) atoms. The van der Waals surface area contributed by atoms with Crippen molar-refractivity contribution in [1.29, 1.82) is 0 Å². The average Bonchev–Trinajstić information content (AvgIpc) is 2.81. The Kier molecular flexibility index (Phi) is 6.64. The van der Waals surface area contributed by atoms with E-state index in [1.165, 1.54) is 20.2 Å². The van der Waals surface area contributed by atoms with Crippen LogP contribution in [0.5, 0.6) is 0 Å². The third-order valence-electron chi connectivity index (χ3n) is 3.83. The highest BCUT2D eigenvalue weighted by Crippen LogP contribution is 2.21. The van der Waals surface area contributed by atoms with Crippen LogP contribution in [0.3, 0.4) is 0 Å². The van der Waals surface area contributed by atoms with Crippen molar-refractivity contribution in [2.24, 2.45) is 0 Å². The average molecular weight is 366 g/mol. The van der Waals surface area contributed by atoms with Gasteiger partial charge in [-0.3, -0.25) is 4.79 Å². The quantitative estimate of drug-likeness (QED) is 0.834. The lowest BCUT2D eigenvalue weighted by Gasteiger charge is -2.28. The Morgan fingerprint density at radius 1 is 1.43 bits per heavy atom. The summed E-state index contributed by atoms with van der Waals surface area (Å²) in [4.78, 5) is 12.4. The summed E-state index contributed by atoms with van der Waals surface area (Å²) >= 11 is 0. The molecular weight excluding hydrogens is 342 g/mol. The van der Waals surface area contributed by atoms with Crippen LogP contribution in [0, 0.1) is 6.92 Å². The Labute approximate surface area is 143 Å². The van der Waals surface area contributed by atoms with E-state index in [1.807, 2.05) is 0 Å². The number of hydrogen-bond donors (Lipinski definition) is 2. The zero-order valence-electron chi connectivity index (χ0n) is 13.8. The number of nitrogens with zero attached hydrogens (tertiary/aromatic N) is 1. The molecule has 2 unspecified atom stereocenters. The lowest BCUT2D eigenvalue weighted by atomic mass is 10.0. The number of amides is 1. The van der Waals surface area contributed by atoms with Crippen LogP contribution in [0.1, 0.15) is 35.9 Å². The van der Waals surface area contributed by atoms with Gasteiger partial charge in [0.15, 0.2) is 0 Å². The van der Waals surface area contributed by atoms with E-state index in [0.29, 0.717) is 11.8 Å². The van der Waals surface area contributed by atoms with Gasteiger partial charge in [0.05, 0.1) is 5.56 Å². The maximum Gasteiger partial charge on any atom is 0.275 e. The standard InChI is InChI=1S/C14H23N3O4S.ClH/c1-9-7-11(5-6-15-9)16-14(18)12-8-13(21-10(12)2)22(19,20)17(3)4;/h8-9,11,15H,5-7H2,1-4H3,(H,16,18);1H. The van der Waals surface area contributed by atoms with Crippen LogP contribution < -0.4 is 10.6 Å². The zero-order valence-corrected chi connectivity index (χ0v) is 15.4. The lowest BCUT2D eigenvalue weighted by molar-refractivity contribution is 0.0924. The summed E-state index contributed by atoms with van der Waals surface area (Å²) in [7, 11) is -0.837. The SMILES string of the molecule is Cc1oc(S(=O)(=O)N(C)C)cc1C(=O)NC1CCNC(C)C1.Cl. The van der Waals surface area contributed by atoms with E-state index in [0.717, 1.165) is 23.7 Å². The van der Waals surface area contributed by atoms with Crippen LogP contribution in [-0.4, -0.2) is 51.4 Å². The molecule has 7 nitrogen and oxygen atoms in total. The van der Waals surface area contributed by atoms with Gasteiger partial charge in [-0.1, -0.05) is 0 Å². The molecule has 2 heterocycles. The highest BCUT2D eigenvalue weighted by molar-refractivity contribution is 7.88. The Balaban J connectivity index is 0.00000264. The number of hydrogen-bond acceptors (Lipinski definition) is 5. The second-order valence-electron chi connectivity index (χ2n) is 5.87. The summed E-state index contributed by atoms with van der Waals surface area (Å²) in [6, 6.07) is 1.74. The summed E-state index contributed by atoms with van der Waals surface area (Å²) in [6.45, 7) is 4.52. The first kappa shape index (κ1) is 20.0. The predicted molar refractivity (Wildman–Crippen MR) is 89.5 cm³/mol. The van der Waals surface area contributed by atoms with Gasteiger partial charge in [0.1, 0.15) is 5.76 Å². The first-order valence-electron chi connectivity index (χ1n) is 7.29. The Morgan fingerprint density at radius 2 is 2.09 bits per heavy atom. The number of carbonyl (C=O) groups is 1. The predicted octanol–water partition coefficient (Wildman–Crippen LogP) is 1.13. The number of nitrogens with one attached hydrogen (secondary N) is 2. The molecule has 1 aliphatic rings. The third-order valence-corrected chi connectivity index (χ3v) is 5.50. The van der Waals surface area contributed by atoms with Gasteiger partial charge in [0.2, 0.25) is 5.09 Å². The van der Waals surface area contributed by atoms with E-state index in [2.05, 4.69) is 17.6 Å². The molecule has 0 aromatic carbocycles. The minimum Gasteiger partial charge on any atom is -0.448 e. The van der Waals surface area contributed by atoms with Crippen molar-refractivity contribution in [2.45, 2.75) is 43.9 Å². The Morgan fingerprint density at radius 3 is 2.65 bits per heavy atom. The smallest absolute Gasteiger partial charge is 0.275 e. The van der Waals surface area contributed by atoms with E-state index >= 15 is 0 Å². The molecule has 1 amide bonds. The van der Waals surface area contributed by atoms with E-state index in [-0.39, 0.29) is 35.0 Å². The molecule has 0 aliphatic carbocycles. The van der Waals surface area contributed by atoms with Crippen LogP contribution >= 0.6 is 12.4 Å². The van der Waals surface area contributed by atoms with Crippen molar-refractivity contribution in [2.75, 3.05) is 20.6 Å². The number of aryl methyl sites for hydroxylation is 1. The molecular formula is C14H24ClN3O4S. The molecule has 9 heteroatoms. The van der Waals surface area contributed by atoms with E-state index in [9.17, 15) is 13.2 Å². The summed E-state index contributed by atoms with van der Waals surface area (Å²) in [5, 5.41) is 6.06. The minimum atomic E-state index is -3.68. The molecule has 1 aromatic heterocycles. The maximum absolute atomic E-state index is 12.4. The van der Waals surface area contributed by atoms with E-state index in [1.54, 1.807) is 6.92 Å². The monoisotopic (exact) mass is 365 g/mol. The number of sulfonamides is 1. The van der Waals surface area contributed by atoms with Gasteiger partial charge in [-0.15, -0.1) is 12.4 Å². The highest BCUT2D eigenvalue weighted by atomic mass is 35.5. The second-order valence-corrected chi connectivity index (χ2v) is 7.96. The van der Waals surface area contributed by atoms with Crippen LogP contribution in [-0.2, 0) is 10.0 Å². The normalized spacial score (nSPS) is 21.8. The van der Waals surface area contributed by atoms with Crippen molar-refractivity contribution >= 4 is 28.3 Å². The first-order chi connectivity index (χ1) is 10.2. The fourth-order valence-corrected chi connectivity index (χ4v) is 3.37. The zero-order chi connectivity index (χ0) is 16.5. The molecule has 0 radical (unpaired) electrons. The number of piperidine rings is 1. The molecule has 1 saturated heterocycles. The van der Waals surface area contributed by atoms with E-state index in [4.69, 9.17) is 4.42 Å². The number of carbonyl (C=O) groups excluding carboxylic acids is 1. The van der Waals surface area contributed by atoms with Crippen LogP contribution in [0.4, 0.5) is 0 Å². The fourth-order valence-electron chi connectivity index (χ4n) is 2.51. The fraction of sp³-hybridized carbons (Fsp3) is 0.643. The Hall–Kier alpha value is -1.09. The molecule has 1 fully saturated rings. The van der Waals surface area contributed by atoms with Crippen molar-refractivity contribution in [3.8, 4) is 0 Å². The van der Waals surface area contributed by atoms with Gasteiger partial charge in [-0.2, -0.15) is 0 Å². The summed E-state index contributed by atoms with van der Waals surface area (Å²) in [6.07, 6.45) is 1.71. The van der Waals surface area contributed by atoms with Crippen LogP contribution in [0.15, 0.2) is 15.6 Å². The van der Waals surface area contributed by atoms with Gasteiger partial charge in [0.25, 0.3) is 15.9 Å². The van der Waals surface area contributed by atoms with Gasteiger partial charge in [0, 0.05) is 32.2 Å². The molecule has 1 aromatic rings. The molecule has 1 aliphatic heterocycles. The number of furan rings is 1. The van der Waals surface area contributed by atoms with Crippen molar-refractivity contribution in [1.82, 2.24) is 14.9 Å². The van der Waals surface area contributed by atoms with Crippen molar-refractivity contribution < 1.29 is 17.6 Å². The first-order valence-corrected chi connectivity index (χ1v) is 8.73. The number of rotatable bonds is 4. The molecule has 132 valence electrons. The lowest BCUT2D eigenvalue weighted by Crippen LogP contribution is -2.46. The maximum atomic E-state index is 12.4. The summed E-state index contributed by atoms with van der Waals surface area (Å²) in [5.41, 5.74) is 0.270. The van der Waals surface area contributed by atoms with Crippen LogP contribution in [0.25, 0.3) is 0 Å². The summed E-state index contributed by atoms with van der Waals surface area (Å²) in [5.74, 6) is 0.0143. The summed E-state index contributed by atoms with van der Waals surface area (Å²) < 4.78 is 30.4. The molecule has 0 spiro atoms. The van der Waals surface area contributed by atoms with Crippen molar-refractivity contribution in [3.63, 3.8) is 0 Å².